The van der Waals surface area contributed by atoms with Crippen LogP contribution in [-0.2, 0) is 4.74 Å². The molecule has 2 nitrogen and oxygen atoms in total. The fourth-order valence-electron chi connectivity index (χ4n) is 7.57. The lowest BCUT2D eigenvalue weighted by Gasteiger charge is -2.56. The van der Waals surface area contributed by atoms with Crippen molar-refractivity contribution in [3.05, 3.63) is 35.1 Å². The molecule has 4 aliphatic carbocycles. The molecule has 0 saturated heterocycles. The monoisotopic (exact) mass is 356 g/mol. The van der Waals surface area contributed by atoms with Crippen LogP contribution in [0.2, 0.25) is 0 Å². The molecule has 0 bridgehead atoms. The van der Waals surface area contributed by atoms with Crippen LogP contribution in [-0.4, -0.2) is 18.8 Å². The highest BCUT2D eigenvalue weighted by molar-refractivity contribution is 5.33. The molecular weight excluding hydrogens is 320 g/mol. The molecule has 0 aromatic heterocycles. The summed E-state index contributed by atoms with van der Waals surface area (Å²) in [4.78, 5) is 0. The Balaban J connectivity index is 1.62. The summed E-state index contributed by atoms with van der Waals surface area (Å²) >= 11 is 0. The lowest BCUT2D eigenvalue weighted by Crippen LogP contribution is -2.48. The van der Waals surface area contributed by atoms with Gasteiger partial charge >= 0.3 is 0 Å². The first-order valence-corrected chi connectivity index (χ1v) is 10.8. The second kappa shape index (κ2) is 6.86. The standard InChI is InChI=1S/C24H36O2/c1-4-24-14-10-20-19-9-7-18(26-3)16-17(19)6-8-21(20)22(24)11-13-23(24,2)12-5-15-25/h5,7,12,20-22,25H,4,6,8-11,13-16H2,1-3H3/b12-5-/t20?,21?,22?,23-,24?/m1/s1. The van der Waals surface area contributed by atoms with Crippen LogP contribution in [0.5, 0.6) is 0 Å². The van der Waals surface area contributed by atoms with E-state index in [-0.39, 0.29) is 12.0 Å². The van der Waals surface area contributed by atoms with E-state index >= 15 is 0 Å². The van der Waals surface area contributed by atoms with Gasteiger partial charge in [0.25, 0.3) is 0 Å². The van der Waals surface area contributed by atoms with Crippen LogP contribution in [0.3, 0.4) is 0 Å². The Bertz CT molecular complexity index is 643. The summed E-state index contributed by atoms with van der Waals surface area (Å²) in [6, 6.07) is 0. The molecule has 26 heavy (non-hydrogen) atoms. The Morgan fingerprint density at radius 2 is 2.12 bits per heavy atom. The van der Waals surface area contributed by atoms with E-state index in [1.165, 1.54) is 50.7 Å². The van der Waals surface area contributed by atoms with E-state index in [0.717, 1.165) is 30.6 Å². The number of aliphatic hydroxyl groups is 1. The average molecular weight is 357 g/mol. The van der Waals surface area contributed by atoms with E-state index in [2.05, 4.69) is 26.0 Å². The third-order valence-corrected chi connectivity index (χ3v) is 8.86. The SMILES string of the molecule is CCC12CCC3C4=C(CCC3C1CC[C@@]2(C)/C=C\CO)CC(OC)=CC4. The van der Waals surface area contributed by atoms with Crippen molar-refractivity contribution in [3.63, 3.8) is 0 Å². The molecule has 2 fully saturated rings. The van der Waals surface area contributed by atoms with E-state index in [1.54, 1.807) is 11.1 Å². The summed E-state index contributed by atoms with van der Waals surface area (Å²) in [6.07, 6.45) is 18.3. The summed E-state index contributed by atoms with van der Waals surface area (Å²) in [7, 11) is 1.82. The molecule has 4 unspecified atom stereocenters. The average Bonchev–Trinajstić information content (AvgIpc) is 2.99. The van der Waals surface area contributed by atoms with E-state index in [9.17, 15) is 5.11 Å². The van der Waals surface area contributed by atoms with Gasteiger partial charge in [-0.1, -0.05) is 37.1 Å². The van der Waals surface area contributed by atoms with E-state index in [4.69, 9.17) is 4.74 Å². The summed E-state index contributed by atoms with van der Waals surface area (Å²) in [6.45, 7) is 5.08. The quantitative estimate of drug-likeness (QED) is 0.646. The van der Waals surface area contributed by atoms with Gasteiger partial charge in [-0.3, -0.25) is 0 Å². The van der Waals surface area contributed by atoms with Crippen molar-refractivity contribution in [3.8, 4) is 0 Å². The number of allylic oxidation sites excluding steroid dienone is 4. The zero-order chi connectivity index (χ0) is 18.4. The number of aliphatic hydroxyl groups excluding tert-OH is 1. The van der Waals surface area contributed by atoms with E-state index in [0.29, 0.717) is 5.41 Å². The normalized spacial score (nSPS) is 42.3. The summed E-state index contributed by atoms with van der Waals surface area (Å²) in [5.41, 5.74) is 4.20. The van der Waals surface area contributed by atoms with Crippen LogP contribution < -0.4 is 0 Å². The van der Waals surface area contributed by atoms with Gasteiger partial charge in [-0.05, 0) is 86.0 Å². The number of hydrogen-bond donors (Lipinski definition) is 1. The molecule has 5 atom stereocenters. The van der Waals surface area contributed by atoms with Gasteiger partial charge in [0, 0.05) is 6.42 Å². The van der Waals surface area contributed by atoms with E-state index in [1.807, 2.05) is 13.2 Å². The molecule has 0 heterocycles. The van der Waals surface area contributed by atoms with Gasteiger partial charge in [-0.25, -0.2) is 0 Å². The van der Waals surface area contributed by atoms with Crippen molar-refractivity contribution in [2.75, 3.05) is 13.7 Å². The van der Waals surface area contributed by atoms with Crippen molar-refractivity contribution >= 4 is 0 Å². The Labute approximate surface area is 159 Å². The predicted molar refractivity (Wildman–Crippen MR) is 107 cm³/mol. The van der Waals surface area contributed by atoms with Crippen LogP contribution in [0.1, 0.15) is 71.6 Å². The van der Waals surface area contributed by atoms with Crippen molar-refractivity contribution in [2.45, 2.75) is 71.6 Å². The molecular formula is C24H36O2. The highest BCUT2D eigenvalue weighted by Gasteiger charge is 2.60. The van der Waals surface area contributed by atoms with Crippen LogP contribution in [0.15, 0.2) is 35.1 Å². The molecule has 4 rings (SSSR count). The molecule has 0 aromatic rings. The smallest absolute Gasteiger partial charge is 0.0959 e. The van der Waals surface area contributed by atoms with Crippen molar-refractivity contribution in [1.29, 1.82) is 0 Å². The van der Waals surface area contributed by atoms with Crippen LogP contribution in [0, 0.1) is 28.6 Å². The fourth-order valence-corrected chi connectivity index (χ4v) is 7.57. The maximum Gasteiger partial charge on any atom is 0.0959 e. The van der Waals surface area contributed by atoms with E-state index < -0.39 is 0 Å². The van der Waals surface area contributed by atoms with Crippen molar-refractivity contribution < 1.29 is 9.84 Å². The largest absolute Gasteiger partial charge is 0.501 e. The maximum absolute atomic E-state index is 9.34. The Morgan fingerprint density at radius 1 is 1.27 bits per heavy atom. The zero-order valence-electron chi connectivity index (χ0n) is 16.9. The molecule has 0 aromatic carbocycles. The molecule has 1 N–H and O–H groups in total. The summed E-state index contributed by atoms with van der Waals surface area (Å²) < 4.78 is 5.54. The third-order valence-electron chi connectivity index (χ3n) is 8.86. The molecule has 0 amide bonds. The van der Waals surface area contributed by atoms with Gasteiger partial charge in [0.2, 0.25) is 0 Å². The molecule has 2 saturated carbocycles. The minimum atomic E-state index is 0.177. The first-order valence-electron chi connectivity index (χ1n) is 10.8. The Kier molecular flexibility index (Phi) is 4.84. The zero-order valence-corrected chi connectivity index (χ0v) is 16.9. The van der Waals surface area contributed by atoms with Gasteiger partial charge < -0.3 is 9.84 Å². The summed E-state index contributed by atoms with van der Waals surface area (Å²) in [5.74, 6) is 3.75. The highest BCUT2D eigenvalue weighted by Crippen LogP contribution is 2.69. The van der Waals surface area contributed by atoms with Gasteiger partial charge in [0.1, 0.15) is 0 Å². The molecule has 2 heteroatoms. The molecule has 0 spiro atoms. The molecule has 4 aliphatic rings. The van der Waals surface area contributed by atoms with Crippen LogP contribution in [0.4, 0.5) is 0 Å². The highest BCUT2D eigenvalue weighted by atomic mass is 16.5. The molecule has 0 radical (unpaired) electrons. The minimum Gasteiger partial charge on any atom is -0.501 e. The second-order valence-electron chi connectivity index (χ2n) is 9.39. The van der Waals surface area contributed by atoms with Crippen LogP contribution >= 0.6 is 0 Å². The number of ether oxygens (including phenoxy) is 1. The van der Waals surface area contributed by atoms with Gasteiger partial charge in [-0.2, -0.15) is 0 Å². The molecule has 144 valence electrons. The van der Waals surface area contributed by atoms with Gasteiger partial charge in [0.05, 0.1) is 19.5 Å². The fraction of sp³-hybridized carbons (Fsp3) is 0.750. The number of methoxy groups -OCH3 is 1. The minimum absolute atomic E-state index is 0.177. The lowest BCUT2D eigenvalue weighted by atomic mass is 9.49. The second-order valence-corrected chi connectivity index (χ2v) is 9.39. The molecule has 0 aliphatic heterocycles. The third kappa shape index (κ3) is 2.55. The topological polar surface area (TPSA) is 29.5 Å². The van der Waals surface area contributed by atoms with Crippen molar-refractivity contribution in [1.82, 2.24) is 0 Å². The Hall–Kier alpha value is -1.02. The lowest BCUT2D eigenvalue weighted by molar-refractivity contribution is -0.0264. The maximum atomic E-state index is 9.34. The van der Waals surface area contributed by atoms with Crippen molar-refractivity contribution in [2.24, 2.45) is 28.6 Å². The first-order chi connectivity index (χ1) is 12.6. The first kappa shape index (κ1) is 18.3. The number of hydrogen-bond acceptors (Lipinski definition) is 2. The van der Waals surface area contributed by atoms with Gasteiger partial charge in [-0.15, -0.1) is 0 Å². The Morgan fingerprint density at radius 3 is 2.85 bits per heavy atom. The van der Waals surface area contributed by atoms with Gasteiger partial charge in [0.15, 0.2) is 0 Å². The van der Waals surface area contributed by atoms with Crippen LogP contribution in [0.25, 0.3) is 0 Å². The number of rotatable bonds is 4. The number of fused-ring (bicyclic) bond motifs is 4. The predicted octanol–water partition coefficient (Wildman–Crippen LogP) is 5.79. The summed E-state index contributed by atoms with van der Waals surface area (Å²) in [5, 5.41) is 9.34.